The van der Waals surface area contributed by atoms with Crippen molar-refractivity contribution >= 4 is 0 Å². The highest BCUT2D eigenvalue weighted by atomic mass is 15.2. The average molecular weight is 245 g/mol. The fourth-order valence-electron chi connectivity index (χ4n) is 3.01. The SMILES string of the molecule is c1ccc2c(c1)CN(CCCN1CCNCC1)C2. The molecule has 0 radical (unpaired) electrons. The summed E-state index contributed by atoms with van der Waals surface area (Å²) in [5.41, 5.74) is 3.05. The molecule has 0 saturated carbocycles. The highest BCUT2D eigenvalue weighted by molar-refractivity contribution is 5.30. The van der Waals surface area contributed by atoms with Crippen LogP contribution in [0.15, 0.2) is 24.3 Å². The van der Waals surface area contributed by atoms with Crippen molar-refractivity contribution in [1.82, 2.24) is 15.1 Å². The summed E-state index contributed by atoms with van der Waals surface area (Å²) in [6.45, 7) is 9.56. The van der Waals surface area contributed by atoms with Gasteiger partial charge in [0.2, 0.25) is 0 Å². The Kier molecular flexibility index (Phi) is 3.93. The minimum absolute atomic E-state index is 1.15. The van der Waals surface area contributed by atoms with Crippen LogP contribution >= 0.6 is 0 Å². The Bertz CT molecular complexity index is 360. The first-order valence-corrected chi connectivity index (χ1v) is 7.14. The van der Waals surface area contributed by atoms with Gasteiger partial charge >= 0.3 is 0 Å². The monoisotopic (exact) mass is 245 g/mol. The Morgan fingerprint density at radius 2 is 1.50 bits per heavy atom. The molecule has 98 valence electrons. The first kappa shape index (κ1) is 12.2. The summed E-state index contributed by atoms with van der Waals surface area (Å²) in [6, 6.07) is 8.85. The topological polar surface area (TPSA) is 18.5 Å². The normalized spacial score (nSPS) is 21.1. The van der Waals surface area contributed by atoms with Gasteiger partial charge in [-0.1, -0.05) is 24.3 Å². The molecule has 3 rings (SSSR count). The molecule has 0 spiro atoms. The summed E-state index contributed by atoms with van der Waals surface area (Å²) < 4.78 is 0. The number of hydrogen-bond acceptors (Lipinski definition) is 3. The number of benzene rings is 1. The zero-order chi connectivity index (χ0) is 12.2. The van der Waals surface area contributed by atoms with Crippen LogP contribution in [0.25, 0.3) is 0 Å². The second-order valence-corrected chi connectivity index (χ2v) is 5.42. The number of nitrogens with zero attached hydrogens (tertiary/aromatic N) is 2. The molecule has 2 aliphatic rings. The Morgan fingerprint density at radius 3 is 2.17 bits per heavy atom. The molecule has 1 saturated heterocycles. The van der Waals surface area contributed by atoms with E-state index in [4.69, 9.17) is 0 Å². The molecule has 2 aliphatic heterocycles. The van der Waals surface area contributed by atoms with E-state index in [1.54, 1.807) is 0 Å². The van der Waals surface area contributed by atoms with Crippen LogP contribution in [0.4, 0.5) is 0 Å². The molecule has 1 aromatic carbocycles. The minimum atomic E-state index is 1.15. The molecule has 2 heterocycles. The van der Waals surface area contributed by atoms with Crippen molar-refractivity contribution < 1.29 is 0 Å². The van der Waals surface area contributed by atoms with Crippen molar-refractivity contribution in [3.63, 3.8) is 0 Å². The molecule has 18 heavy (non-hydrogen) atoms. The lowest BCUT2D eigenvalue weighted by molar-refractivity contribution is 0.211. The largest absolute Gasteiger partial charge is 0.314 e. The van der Waals surface area contributed by atoms with Gasteiger partial charge in [-0.05, 0) is 24.1 Å². The zero-order valence-corrected chi connectivity index (χ0v) is 11.1. The van der Waals surface area contributed by atoms with Gasteiger partial charge in [-0.15, -0.1) is 0 Å². The lowest BCUT2D eigenvalue weighted by Crippen LogP contribution is -2.44. The molecule has 1 N–H and O–H groups in total. The fraction of sp³-hybridized carbons (Fsp3) is 0.600. The molecular formula is C15H23N3. The predicted octanol–water partition coefficient (Wildman–Crippen LogP) is 1.30. The molecule has 3 nitrogen and oxygen atoms in total. The fourth-order valence-corrected chi connectivity index (χ4v) is 3.01. The summed E-state index contributed by atoms with van der Waals surface area (Å²) in [5.74, 6) is 0. The number of hydrogen-bond donors (Lipinski definition) is 1. The molecular weight excluding hydrogens is 222 g/mol. The van der Waals surface area contributed by atoms with E-state index in [1.807, 2.05) is 0 Å². The standard InChI is InChI=1S/C15H23N3/c1-2-5-15-13-18(12-14(15)4-1)9-3-8-17-10-6-16-7-11-17/h1-2,4-5,16H,3,6-13H2. The van der Waals surface area contributed by atoms with Gasteiger partial charge in [-0.25, -0.2) is 0 Å². The van der Waals surface area contributed by atoms with E-state index in [1.165, 1.54) is 43.7 Å². The molecule has 0 aliphatic carbocycles. The van der Waals surface area contributed by atoms with E-state index in [9.17, 15) is 0 Å². The van der Waals surface area contributed by atoms with E-state index in [2.05, 4.69) is 39.4 Å². The Labute approximate surface area is 110 Å². The van der Waals surface area contributed by atoms with Gasteiger partial charge in [0.05, 0.1) is 0 Å². The summed E-state index contributed by atoms with van der Waals surface area (Å²) in [5, 5.41) is 3.41. The lowest BCUT2D eigenvalue weighted by atomic mass is 10.1. The maximum absolute atomic E-state index is 3.41. The molecule has 0 atom stereocenters. The Balaban J connectivity index is 1.40. The molecule has 0 bridgehead atoms. The molecule has 0 unspecified atom stereocenters. The smallest absolute Gasteiger partial charge is 0.0240 e. The summed E-state index contributed by atoms with van der Waals surface area (Å²) in [6.07, 6.45) is 1.30. The first-order valence-electron chi connectivity index (χ1n) is 7.14. The van der Waals surface area contributed by atoms with E-state index in [-0.39, 0.29) is 0 Å². The number of fused-ring (bicyclic) bond motifs is 1. The third-order valence-corrected chi connectivity index (χ3v) is 4.06. The quantitative estimate of drug-likeness (QED) is 0.862. The van der Waals surface area contributed by atoms with Gasteiger partial charge in [-0.3, -0.25) is 4.90 Å². The Morgan fingerprint density at radius 1 is 0.889 bits per heavy atom. The van der Waals surface area contributed by atoms with Crippen LogP contribution in [0.1, 0.15) is 17.5 Å². The van der Waals surface area contributed by atoms with E-state index >= 15 is 0 Å². The van der Waals surface area contributed by atoms with Crippen molar-refractivity contribution in [3.8, 4) is 0 Å². The maximum atomic E-state index is 3.41. The van der Waals surface area contributed by atoms with Crippen LogP contribution in [0.5, 0.6) is 0 Å². The second kappa shape index (κ2) is 5.83. The van der Waals surface area contributed by atoms with Crippen molar-refractivity contribution in [2.24, 2.45) is 0 Å². The number of rotatable bonds is 4. The van der Waals surface area contributed by atoms with Crippen LogP contribution in [0, 0.1) is 0 Å². The van der Waals surface area contributed by atoms with Gasteiger partial charge in [0.15, 0.2) is 0 Å². The summed E-state index contributed by atoms with van der Waals surface area (Å²) in [7, 11) is 0. The number of nitrogens with one attached hydrogen (secondary N) is 1. The molecule has 0 aromatic heterocycles. The highest BCUT2D eigenvalue weighted by Gasteiger charge is 2.17. The van der Waals surface area contributed by atoms with Crippen molar-refractivity contribution in [1.29, 1.82) is 0 Å². The third-order valence-electron chi connectivity index (χ3n) is 4.06. The van der Waals surface area contributed by atoms with Gasteiger partial charge in [0.25, 0.3) is 0 Å². The molecule has 0 amide bonds. The molecule has 1 aromatic rings. The third kappa shape index (κ3) is 2.91. The highest BCUT2D eigenvalue weighted by Crippen LogP contribution is 2.21. The van der Waals surface area contributed by atoms with Crippen LogP contribution in [-0.2, 0) is 13.1 Å². The number of piperazine rings is 1. The van der Waals surface area contributed by atoms with Crippen LogP contribution in [0.3, 0.4) is 0 Å². The summed E-state index contributed by atoms with van der Waals surface area (Å²) >= 11 is 0. The van der Waals surface area contributed by atoms with Crippen molar-refractivity contribution in [2.45, 2.75) is 19.5 Å². The predicted molar refractivity (Wildman–Crippen MR) is 74.5 cm³/mol. The van der Waals surface area contributed by atoms with Gasteiger partial charge in [-0.2, -0.15) is 0 Å². The minimum Gasteiger partial charge on any atom is -0.314 e. The van der Waals surface area contributed by atoms with Crippen LogP contribution < -0.4 is 5.32 Å². The van der Waals surface area contributed by atoms with Crippen molar-refractivity contribution in [3.05, 3.63) is 35.4 Å². The van der Waals surface area contributed by atoms with E-state index in [0.29, 0.717) is 0 Å². The van der Waals surface area contributed by atoms with Crippen LogP contribution in [-0.4, -0.2) is 49.1 Å². The van der Waals surface area contributed by atoms with Gasteiger partial charge in [0, 0.05) is 45.8 Å². The Hall–Kier alpha value is -0.900. The lowest BCUT2D eigenvalue weighted by Gasteiger charge is -2.27. The zero-order valence-electron chi connectivity index (χ0n) is 11.1. The van der Waals surface area contributed by atoms with Gasteiger partial charge in [0.1, 0.15) is 0 Å². The average Bonchev–Trinajstić information content (AvgIpc) is 2.82. The second-order valence-electron chi connectivity index (χ2n) is 5.42. The molecule has 3 heteroatoms. The van der Waals surface area contributed by atoms with Crippen LogP contribution in [0.2, 0.25) is 0 Å². The molecule has 1 fully saturated rings. The van der Waals surface area contributed by atoms with Gasteiger partial charge < -0.3 is 10.2 Å². The van der Waals surface area contributed by atoms with E-state index in [0.717, 1.165) is 26.2 Å². The maximum Gasteiger partial charge on any atom is 0.0240 e. The van der Waals surface area contributed by atoms with E-state index < -0.39 is 0 Å². The first-order chi connectivity index (χ1) is 8.92. The summed E-state index contributed by atoms with van der Waals surface area (Å²) in [4.78, 5) is 5.16. The van der Waals surface area contributed by atoms with Crippen molar-refractivity contribution in [2.75, 3.05) is 39.3 Å².